The normalized spacial score (nSPS) is 22.5. The highest BCUT2D eigenvalue weighted by Crippen LogP contribution is 2.06. The third kappa shape index (κ3) is 2.38. The predicted molar refractivity (Wildman–Crippen MR) is 43.2 cm³/mol. The molecule has 1 aliphatic rings. The second-order valence-corrected chi connectivity index (χ2v) is 2.99. The molecule has 4 nitrogen and oxygen atoms in total. The first kappa shape index (κ1) is 8.33. The fraction of sp³-hybridized carbons (Fsp3) is 0.857. The number of amides is 2. The summed E-state index contributed by atoms with van der Waals surface area (Å²) in [5.41, 5.74) is 5.05. The molecule has 1 heterocycles. The molecule has 0 saturated carbocycles. The molecule has 0 aromatic heterocycles. The van der Waals surface area contributed by atoms with Crippen LogP contribution in [-0.2, 0) is 0 Å². The number of nitrogens with zero attached hydrogens (tertiary/aromatic N) is 1. The third-order valence-corrected chi connectivity index (χ3v) is 2.12. The number of hydrogen-bond acceptors (Lipinski definition) is 2. The first-order chi connectivity index (χ1) is 5.20. The van der Waals surface area contributed by atoms with Crippen molar-refractivity contribution in [2.45, 2.75) is 18.9 Å². The van der Waals surface area contributed by atoms with Gasteiger partial charge in [0.2, 0.25) is 0 Å². The van der Waals surface area contributed by atoms with E-state index in [2.05, 4.69) is 5.32 Å². The van der Waals surface area contributed by atoms with E-state index in [1.807, 2.05) is 0 Å². The van der Waals surface area contributed by atoms with Crippen molar-refractivity contribution in [1.82, 2.24) is 10.2 Å². The van der Waals surface area contributed by atoms with E-state index in [1.165, 1.54) is 6.42 Å². The molecule has 1 saturated heterocycles. The summed E-state index contributed by atoms with van der Waals surface area (Å²) in [6.45, 7) is 1.87. The fourth-order valence-electron chi connectivity index (χ4n) is 1.05. The molecule has 0 aromatic rings. The average molecular weight is 157 g/mol. The summed E-state index contributed by atoms with van der Waals surface area (Å²) in [5.74, 6) is 0. The lowest BCUT2D eigenvalue weighted by Crippen LogP contribution is -2.45. The van der Waals surface area contributed by atoms with E-state index < -0.39 is 0 Å². The monoisotopic (exact) mass is 157 g/mol. The van der Waals surface area contributed by atoms with Crippen LogP contribution in [0, 0.1) is 0 Å². The van der Waals surface area contributed by atoms with Crippen LogP contribution in [0.2, 0.25) is 0 Å². The highest BCUT2D eigenvalue weighted by molar-refractivity contribution is 5.71. The quantitative estimate of drug-likeness (QED) is 0.593. The first-order valence-electron chi connectivity index (χ1n) is 3.94. The van der Waals surface area contributed by atoms with Crippen LogP contribution < -0.4 is 11.1 Å². The van der Waals surface area contributed by atoms with E-state index in [9.17, 15) is 4.79 Å². The molecule has 0 radical (unpaired) electrons. The van der Waals surface area contributed by atoms with Crippen LogP contribution in [0.3, 0.4) is 0 Å². The van der Waals surface area contributed by atoms with Gasteiger partial charge in [0.25, 0.3) is 0 Å². The number of rotatable bonds is 3. The molecule has 1 atom stereocenters. The Balaban J connectivity index is 2.05. The third-order valence-electron chi connectivity index (χ3n) is 2.12. The fourth-order valence-corrected chi connectivity index (χ4v) is 1.05. The molecule has 2 amide bonds. The number of nitrogens with one attached hydrogen (secondary N) is 1. The summed E-state index contributed by atoms with van der Waals surface area (Å²) in [4.78, 5) is 12.1. The van der Waals surface area contributed by atoms with Gasteiger partial charge in [0.15, 0.2) is 0 Å². The Bertz CT molecular complexity index is 145. The molecule has 1 aliphatic heterocycles. The average Bonchev–Trinajstić information content (AvgIpc) is 1.83. The second kappa shape index (κ2) is 3.57. The van der Waals surface area contributed by atoms with Gasteiger partial charge in [-0.2, -0.15) is 0 Å². The van der Waals surface area contributed by atoms with Gasteiger partial charge >= 0.3 is 6.03 Å². The standard InChI is InChI=1S/C7H15N3O/c1-10(7(8)11)5-3-6-2-4-9-6/h6,9H,2-5H2,1H3,(H2,8,11). The van der Waals surface area contributed by atoms with Gasteiger partial charge in [0.05, 0.1) is 0 Å². The molecule has 64 valence electrons. The molecule has 3 N–H and O–H groups in total. The number of urea groups is 1. The summed E-state index contributed by atoms with van der Waals surface area (Å²) in [5, 5.41) is 3.26. The van der Waals surface area contributed by atoms with E-state index in [0.29, 0.717) is 6.04 Å². The largest absolute Gasteiger partial charge is 0.351 e. The van der Waals surface area contributed by atoms with Crippen molar-refractivity contribution in [3.8, 4) is 0 Å². The maximum atomic E-state index is 10.5. The van der Waals surface area contributed by atoms with E-state index in [1.54, 1.807) is 11.9 Å². The van der Waals surface area contributed by atoms with Gasteiger partial charge in [0, 0.05) is 19.6 Å². The van der Waals surface area contributed by atoms with Crippen molar-refractivity contribution >= 4 is 6.03 Å². The number of nitrogens with two attached hydrogens (primary N) is 1. The predicted octanol–water partition coefficient (Wildman–Crippen LogP) is -0.251. The first-order valence-corrected chi connectivity index (χ1v) is 3.94. The Morgan fingerprint density at radius 2 is 2.45 bits per heavy atom. The highest BCUT2D eigenvalue weighted by Gasteiger charge is 2.16. The lowest BCUT2D eigenvalue weighted by molar-refractivity contribution is 0.212. The highest BCUT2D eigenvalue weighted by atomic mass is 16.2. The minimum atomic E-state index is -0.343. The van der Waals surface area contributed by atoms with Gasteiger partial charge in [-0.25, -0.2) is 4.79 Å². The molecule has 0 spiro atoms. The van der Waals surface area contributed by atoms with Crippen molar-refractivity contribution in [1.29, 1.82) is 0 Å². The lowest BCUT2D eigenvalue weighted by Gasteiger charge is -2.29. The summed E-state index contributed by atoms with van der Waals surface area (Å²) in [7, 11) is 1.72. The molecule has 4 heteroatoms. The van der Waals surface area contributed by atoms with E-state index >= 15 is 0 Å². The number of hydrogen-bond donors (Lipinski definition) is 2. The van der Waals surface area contributed by atoms with Crippen molar-refractivity contribution in [2.75, 3.05) is 20.1 Å². The van der Waals surface area contributed by atoms with Crippen molar-refractivity contribution in [3.63, 3.8) is 0 Å². The van der Waals surface area contributed by atoms with Crippen molar-refractivity contribution < 1.29 is 4.79 Å². The minimum absolute atomic E-state index is 0.343. The lowest BCUT2D eigenvalue weighted by atomic mass is 10.0. The molecule has 1 unspecified atom stereocenters. The van der Waals surface area contributed by atoms with Crippen LogP contribution in [0.25, 0.3) is 0 Å². The van der Waals surface area contributed by atoms with Gasteiger partial charge in [-0.1, -0.05) is 0 Å². The van der Waals surface area contributed by atoms with E-state index in [4.69, 9.17) is 5.73 Å². The summed E-state index contributed by atoms with van der Waals surface area (Å²) < 4.78 is 0. The van der Waals surface area contributed by atoms with Gasteiger partial charge in [-0.15, -0.1) is 0 Å². The molecule has 1 fully saturated rings. The van der Waals surface area contributed by atoms with Gasteiger partial charge in [-0.3, -0.25) is 0 Å². The van der Waals surface area contributed by atoms with Crippen LogP contribution in [0.5, 0.6) is 0 Å². The zero-order valence-electron chi connectivity index (χ0n) is 6.84. The Morgan fingerprint density at radius 1 is 1.82 bits per heavy atom. The second-order valence-electron chi connectivity index (χ2n) is 2.99. The molecular formula is C7H15N3O. The molecular weight excluding hydrogens is 142 g/mol. The smallest absolute Gasteiger partial charge is 0.314 e. The van der Waals surface area contributed by atoms with Crippen molar-refractivity contribution in [3.05, 3.63) is 0 Å². The van der Waals surface area contributed by atoms with E-state index in [0.717, 1.165) is 19.5 Å². The minimum Gasteiger partial charge on any atom is -0.351 e. The Hall–Kier alpha value is -0.770. The maximum Gasteiger partial charge on any atom is 0.314 e. The molecule has 11 heavy (non-hydrogen) atoms. The topological polar surface area (TPSA) is 58.4 Å². The van der Waals surface area contributed by atoms with Crippen LogP contribution in [0.1, 0.15) is 12.8 Å². The van der Waals surface area contributed by atoms with Gasteiger partial charge in [-0.05, 0) is 19.4 Å². The van der Waals surface area contributed by atoms with Crippen LogP contribution in [-0.4, -0.2) is 37.1 Å². The van der Waals surface area contributed by atoms with Gasteiger partial charge in [0.1, 0.15) is 0 Å². The molecule has 0 aliphatic carbocycles. The SMILES string of the molecule is CN(CCC1CCN1)C(N)=O. The maximum absolute atomic E-state index is 10.5. The van der Waals surface area contributed by atoms with E-state index in [-0.39, 0.29) is 6.03 Å². The Labute approximate surface area is 66.7 Å². The zero-order valence-corrected chi connectivity index (χ0v) is 6.84. The Kier molecular flexibility index (Phi) is 2.70. The van der Waals surface area contributed by atoms with Crippen molar-refractivity contribution in [2.24, 2.45) is 5.73 Å². The van der Waals surface area contributed by atoms with Gasteiger partial charge < -0.3 is 16.0 Å². The Morgan fingerprint density at radius 3 is 2.82 bits per heavy atom. The van der Waals surface area contributed by atoms with Crippen LogP contribution in [0.4, 0.5) is 4.79 Å². The summed E-state index contributed by atoms with van der Waals surface area (Å²) in [6.07, 6.45) is 2.24. The summed E-state index contributed by atoms with van der Waals surface area (Å²) in [6, 6.07) is 0.265. The summed E-state index contributed by atoms with van der Waals surface area (Å²) >= 11 is 0. The van der Waals surface area contributed by atoms with Crippen LogP contribution in [0.15, 0.2) is 0 Å². The van der Waals surface area contributed by atoms with Crippen LogP contribution >= 0.6 is 0 Å². The number of carbonyl (C=O) groups is 1. The number of primary amides is 1. The zero-order chi connectivity index (χ0) is 8.27. The molecule has 1 rings (SSSR count). The molecule has 0 aromatic carbocycles. The molecule has 0 bridgehead atoms. The number of carbonyl (C=O) groups excluding carboxylic acids is 1.